The molecule has 1 aliphatic rings. The maximum Gasteiger partial charge on any atom is 0.308 e. The number of carbonyl (C=O) groups is 2. The fraction of sp³-hybridized carbons (Fsp3) is 0.833. The minimum atomic E-state index is -1.12. The summed E-state index contributed by atoms with van der Waals surface area (Å²) in [6.45, 7) is 7.35. The molecule has 0 spiro atoms. The van der Waals surface area contributed by atoms with Crippen LogP contribution in [-0.2, 0) is 14.3 Å². The number of carbonyl (C=O) groups excluding carboxylic acids is 2. The Kier molecular flexibility index (Phi) is 4.71. The molecular weight excluding hydrogens is 220 g/mol. The molecule has 16 heavy (non-hydrogen) atoms. The predicted octanol–water partition coefficient (Wildman–Crippen LogP) is 2.63. The standard InChI is InChI=1S/C12H22O3Si/c1-16(2,3)9-8-15-12(14)10-4-6-11(13)7-5-10/h10H,4-9H2,1-3H3. The molecule has 0 saturated heterocycles. The molecule has 0 atom stereocenters. The first kappa shape index (κ1) is 13.4. The van der Waals surface area contributed by atoms with Crippen molar-refractivity contribution in [2.75, 3.05) is 6.61 Å². The fourth-order valence-corrected chi connectivity index (χ4v) is 2.47. The van der Waals surface area contributed by atoms with Crippen LogP contribution in [0.15, 0.2) is 0 Å². The van der Waals surface area contributed by atoms with Crippen LogP contribution in [0, 0.1) is 5.92 Å². The van der Waals surface area contributed by atoms with Gasteiger partial charge in [0, 0.05) is 20.9 Å². The molecule has 0 N–H and O–H groups in total. The maximum absolute atomic E-state index is 11.7. The highest BCUT2D eigenvalue weighted by Gasteiger charge is 2.26. The summed E-state index contributed by atoms with van der Waals surface area (Å²) in [5, 5.41) is 0. The third-order valence-electron chi connectivity index (χ3n) is 2.97. The van der Waals surface area contributed by atoms with Gasteiger partial charge in [-0.05, 0) is 18.9 Å². The molecule has 92 valence electrons. The van der Waals surface area contributed by atoms with Crippen molar-refractivity contribution in [1.29, 1.82) is 0 Å². The summed E-state index contributed by atoms with van der Waals surface area (Å²) in [7, 11) is -1.12. The summed E-state index contributed by atoms with van der Waals surface area (Å²) in [5.41, 5.74) is 0. The van der Waals surface area contributed by atoms with Gasteiger partial charge in [0.25, 0.3) is 0 Å². The zero-order valence-corrected chi connectivity index (χ0v) is 11.5. The van der Waals surface area contributed by atoms with Gasteiger partial charge in [0.15, 0.2) is 0 Å². The minimum absolute atomic E-state index is 0.0284. The lowest BCUT2D eigenvalue weighted by molar-refractivity contribution is -0.149. The van der Waals surface area contributed by atoms with Crippen LogP contribution in [0.25, 0.3) is 0 Å². The van der Waals surface area contributed by atoms with Gasteiger partial charge in [-0.3, -0.25) is 9.59 Å². The van der Waals surface area contributed by atoms with Gasteiger partial charge in [0.2, 0.25) is 0 Å². The van der Waals surface area contributed by atoms with E-state index >= 15 is 0 Å². The second kappa shape index (κ2) is 5.62. The molecule has 0 bridgehead atoms. The Labute approximate surface area is 98.6 Å². The Morgan fingerprint density at radius 1 is 1.31 bits per heavy atom. The van der Waals surface area contributed by atoms with Crippen LogP contribution in [0.1, 0.15) is 25.7 Å². The zero-order chi connectivity index (χ0) is 12.2. The molecule has 0 amide bonds. The minimum Gasteiger partial charge on any atom is -0.466 e. The van der Waals surface area contributed by atoms with Gasteiger partial charge >= 0.3 is 5.97 Å². The molecule has 0 aromatic heterocycles. The summed E-state index contributed by atoms with van der Waals surface area (Å²) >= 11 is 0. The molecule has 0 aromatic rings. The Hall–Kier alpha value is -0.643. The van der Waals surface area contributed by atoms with Crippen molar-refractivity contribution in [3.05, 3.63) is 0 Å². The van der Waals surface area contributed by atoms with E-state index in [-0.39, 0.29) is 17.7 Å². The predicted molar refractivity (Wildman–Crippen MR) is 66.1 cm³/mol. The van der Waals surface area contributed by atoms with E-state index in [1.807, 2.05) is 0 Å². The summed E-state index contributed by atoms with van der Waals surface area (Å²) in [6, 6.07) is 1.02. The monoisotopic (exact) mass is 242 g/mol. The lowest BCUT2D eigenvalue weighted by atomic mass is 9.88. The normalized spacial score (nSPS) is 18.6. The second-order valence-electron chi connectivity index (χ2n) is 5.79. The van der Waals surface area contributed by atoms with Crippen LogP contribution in [0.4, 0.5) is 0 Å². The van der Waals surface area contributed by atoms with Gasteiger partial charge in [-0.1, -0.05) is 19.6 Å². The largest absolute Gasteiger partial charge is 0.466 e. The first-order valence-corrected chi connectivity index (χ1v) is 9.77. The third kappa shape index (κ3) is 4.92. The van der Waals surface area contributed by atoms with E-state index in [9.17, 15) is 9.59 Å². The maximum atomic E-state index is 11.7. The Morgan fingerprint density at radius 2 is 1.88 bits per heavy atom. The van der Waals surface area contributed by atoms with Crippen molar-refractivity contribution in [3.8, 4) is 0 Å². The van der Waals surface area contributed by atoms with E-state index < -0.39 is 8.07 Å². The lowest BCUT2D eigenvalue weighted by Gasteiger charge is -2.21. The lowest BCUT2D eigenvalue weighted by Crippen LogP contribution is -2.27. The molecule has 1 rings (SSSR count). The smallest absolute Gasteiger partial charge is 0.308 e. The van der Waals surface area contributed by atoms with Crippen molar-refractivity contribution in [2.24, 2.45) is 5.92 Å². The van der Waals surface area contributed by atoms with Crippen molar-refractivity contribution in [2.45, 2.75) is 51.4 Å². The number of hydrogen-bond acceptors (Lipinski definition) is 3. The quantitative estimate of drug-likeness (QED) is 0.562. The van der Waals surface area contributed by atoms with Gasteiger partial charge in [0.1, 0.15) is 5.78 Å². The first-order valence-electron chi connectivity index (χ1n) is 6.07. The molecule has 0 aromatic carbocycles. The molecule has 0 unspecified atom stereocenters. The topological polar surface area (TPSA) is 43.4 Å². The summed E-state index contributed by atoms with van der Waals surface area (Å²) < 4.78 is 5.28. The van der Waals surface area contributed by atoms with Crippen molar-refractivity contribution < 1.29 is 14.3 Å². The summed E-state index contributed by atoms with van der Waals surface area (Å²) in [5.74, 6) is 0.163. The van der Waals surface area contributed by atoms with Gasteiger partial charge in [-0.2, -0.15) is 0 Å². The number of ether oxygens (including phenoxy) is 1. The van der Waals surface area contributed by atoms with E-state index in [0.29, 0.717) is 32.3 Å². The SMILES string of the molecule is C[Si](C)(C)CCOC(=O)C1CCC(=O)CC1. The van der Waals surface area contributed by atoms with Crippen LogP contribution >= 0.6 is 0 Å². The summed E-state index contributed by atoms with van der Waals surface area (Å²) in [6.07, 6.45) is 2.47. The zero-order valence-electron chi connectivity index (χ0n) is 10.5. The van der Waals surface area contributed by atoms with E-state index in [4.69, 9.17) is 4.74 Å². The molecule has 1 fully saturated rings. The first-order chi connectivity index (χ1) is 7.38. The Morgan fingerprint density at radius 3 is 2.38 bits per heavy atom. The molecule has 4 heteroatoms. The van der Waals surface area contributed by atoms with Crippen molar-refractivity contribution in [3.63, 3.8) is 0 Å². The van der Waals surface area contributed by atoms with E-state index in [1.54, 1.807) is 0 Å². The van der Waals surface area contributed by atoms with Gasteiger partial charge in [0.05, 0.1) is 12.5 Å². The third-order valence-corrected chi connectivity index (χ3v) is 4.68. The number of ketones is 1. The van der Waals surface area contributed by atoms with Gasteiger partial charge in [-0.25, -0.2) is 0 Å². The molecule has 0 heterocycles. The second-order valence-corrected chi connectivity index (χ2v) is 11.4. The van der Waals surface area contributed by atoms with Crippen molar-refractivity contribution >= 4 is 19.8 Å². The molecule has 0 aliphatic heterocycles. The highest BCUT2D eigenvalue weighted by atomic mass is 28.3. The van der Waals surface area contributed by atoms with Crippen molar-refractivity contribution in [1.82, 2.24) is 0 Å². The molecular formula is C12H22O3Si. The van der Waals surface area contributed by atoms with E-state index in [0.717, 1.165) is 6.04 Å². The number of rotatable bonds is 4. The Balaban J connectivity index is 2.22. The molecule has 1 aliphatic carbocycles. The van der Waals surface area contributed by atoms with Crippen LogP contribution in [0.3, 0.4) is 0 Å². The van der Waals surface area contributed by atoms with Crippen LogP contribution in [-0.4, -0.2) is 26.4 Å². The average molecular weight is 242 g/mol. The van der Waals surface area contributed by atoms with Crippen LogP contribution in [0.5, 0.6) is 0 Å². The average Bonchev–Trinajstić information content (AvgIpc) is 2.16. The molecule has 3 nitrogen and oxygen atoms in total. The van der Waals surface area contributed by atoms with E-state index in [1.165, 1.54) is 0 Å². The van der Waals surface area contributed by atoms with Crippen LogP contribution in [0.2, 0.25) is 25.7 Å². The highest BCUT2D eigenvalue weighted by Crippen LogP contribution is 2.22. The van der Waals surface area contributed by atoms with Gasteiger partial charge in [-0.15, -0.1) is 0 Å². The van der Waals surface area contributed by atoms with Crippen LogP contribution < -0.4 is 0 Å². The molecule has 1 saturated carbocycles. The number of esters is 1. The fourth-order valence-electron chi connectivity index (χ4n) is 1.75. The highest BCUT2D eigenvalue weighted by molar-refractivity contribution is 6.76. The van der Waals surface area contributed by atoms with Gasteiger partial charge < -0.3 is 4.74 Å². The number of hydrogen-bond donors (Lipinski definition) is 0. The summed E-state index contributed by atoms with van der Waals surface area (Å²) in [4.78, 5) is 22.7. The number of Topliss-reactive ketones (excluding diaryl/α,β-unsaturated/α-hetero) is 1. The van der Waals surface area contributed by atoms with E-state index in [2.05, 4.69) is 19.6 Å². The molecule has 0 radical (unpaired) electrons. The Bertz CT molecular complexity index is 258.